The second-order valence-corrected chi connectivity index (χ2v) is 7.30. The summed E-state index contributed by atoms with van der Waals surface area (Å²) in [6, 6.07) is 7.80. The number of hydrogen-bond acceptors (Lipinski definition) is 4. The van der Waals surface area contributed by atoms with Gasteiger partial charge < -0.3 is 5.32 Å². The maximum atomic E-state index is 12.7. The lowest BCUT2D eigenvalue weighted by molar-refractivity contribution is 0.0948. The quantitative estimate of drug-likeness (QED) is 0.617. The fourth-order valence-corrected chi connectivity index (χ4v) is 3.64. The Kier molecular flexibility index (Phi) is 4.84. The molecular weight excluding hydrogens is 384 g/mol. The van der Waals surface area contributed by atoms with E-state index < -0.39 is 0 Å². The molecule has 0 unspecified atom stereocenters. The van der Waals surface area contributed by atoms with E-state index in [1.807, 2.05) is 29.7 Å². The van der Waals surface area contributed by atoms with Crippen LogP contribution in [0.15, 0.2) is 30.5 Å². The van der Waals surface area contributed by atoms with Crippen LogP contribution in [0.1, 0.15) is 47.7 Å². The lowest BCUT2D eigenvalue weighted by Crippen LogP contribution is -2.25. The minimum absolute atomic E-state index is 0.184. The number of carbonyl (C=O) groups is 1. The van der Waals surface area contributed by atoms with Crippen molar-refractivity contribution in [1.82, 2.24) is 29.9 Å². The number of rotatable bonds is 6. The normalized spacial score (nSPS) is 13.7. The topological polar surface area (TPSA) is 80.5 Å². The molecule has 1 aliphatic rings. The maximum absolute atomic E-state index is 12.7. The molecule has 2 heterocycles. The molecule has 0 saturated heterocycles. The minimum Gasteiger partial charge on any atom is -0.345 e. The molecule has 0 radical (unpaired) electrons. The average molecular weight is 403 g/mol. The Morgan fingerprint density at radius 1 is 1.44 bits per heavy atom. The number of hydrogen-bond donors (Lipinski definition) is 2. The Balaban J connectivity index is 1.55. The molecule has 2 N–H and O–H groups in total. The SMILES string of the molecule is CCc1c(C(=O)NCc2n[nH]c(=S)n2C2CC2)cnn1-c1cccc(Cl)c1. The van der Waals surface area contributed by atoms with Gasteiger partial charge in [-0.15, -0.1) is 0 Å². The van der Waals surface area contributed by atoms with Crippen LogP contribution in [0.5, 0.6) is 0 Å². The summed E-state index contributed by atoms with van der Waals surface area (Å²) in [5.74, 6) is 0.563. The van der Waals surface area contributed by atoms with E-state index in [2.05, 4.69) is 20.6 Å². The predicted molar refractivity (Wildman–Crippen MR) is 105 cm³/mol. The van der Waals surface area contributed by atoms with E-state index in [1.54, 1.807) is 16.9 Å². The molecule has 1 aromatic carbocycles. The number of H-pyrrole nitrogens is 1. The smallest absolute Gasteiger partial charge is 0.255 e. The van der Waals surface area contributed by atoms with Crippen molar-refractivity contribution in [2.75, 3.05) is 0 Å². The molecule has 1 saturated carbocycles. The number of benzene rings is 1. The highest BCUT2D eigenvalue weighted by atomic mass is 35.5. The van der Waals surface area contributed by atoms with Crippen molar-refractivity contribution in [2.45, 2.75) is 38.8 Å². The van der Waals surface area contributed by atoms with Gasteiger partial charge in [0.2, 0.25) is 0 Å². The van der Waals surface area contributed by atoms with Crippen LogP contribution in [-0.2, 0) is 13.0 Å². The highest BCUT2D eigenvalue weighted by Crippen LogP contribution is 2.35. The van der Waals surface area contributed by atoms with Crippen molar-refractivity contribution < 1.29 is 4.79 Å². The maximum Gasteiger partial charge on any atom is 0.255 e. The predicted octanol–water partition coefficient (Wildman–Crippen LogP) is 3.61. The summed E-state index contributed by atoms with van der Waals surface area (Å²) in [6.45, 7) is 2.31. The molecule has 4 rings (SSSR count). The first-order valence-corrected chi connectivity index (χ1v) is 9.64. The fourth-order valence-electron chi connectivity index (χ4n) is 3.16. The summed E-state index contributed by atoms with van der Waals surface area (Å²) in [7, 11) is 0. The molecule has 1 amide bonds. The number of halogens is 1. The first-order chi connectivity index (χ1) is 13.1. The van der Waals surface area contributed by atoms with E-state index in [-0.39, 0.29) is 5.91 Å². The van der Waals surface area contributed by atoms with Gasteiger partial charge >= 0.3 is 0 Å². The van der Waals surface area contributed by atoms with Crippen LogP contribution < -0.4 is 5.32 Å². The highest BCUT2D eigenvalue weighted by molar-refractivity contribution is 7.71. The van der Waals surface area contributed by atoms with Crippen LogP contribution >= 0.6 is 23.8 Å². The Bertz CT molecular complexity index is 1050. The van der Waals surface area contributed by atoms with Gasteiger partial charge in [0.1, 0.15) is 0 Å². The third kappa shape index (κ3) is 3.54. The van der Waals surface area contributed by atoms with Crippen molar-refractivity contribution >= 4 is 29.7 Å². The standard InChI is InChI=1S/C18H19ClN6OS/c1-2-15-14(9-21-25(15)13-5-3-4-11(19)8-13)17(26)20-10-16-22-23-18(27)24(16)12-6-7-12/h3-5,8-9,12H,2,6-7,10H2,1H3,(H,20,26)(H,23,27). The van der Waals surface area contributed by atoms with Crippen LogP contribution in [-0.4, -0.2) is 30.5 Å². The lowest BCUT2D eigenvalue weighted by atomic mass is 10.2. The largest absolute Gasteiger partial charge is 0.345 e. The number of nitrogens with zero attached hydrogens (tertiary/aromatic N) is 4. The zero-order valence-corrected chi connectivity index (χ0v) is 16.3. The third-order valence-corrected chi connectivity index (χ3v) is 5.12. The van der Waals surface area contributed by atoms with Crippen molar-refractivity contribution in [3.63, 3.8) is 0 Å². The number of nitrogens with one attached hydrogen (secondary N) is 2. The second kappa shape index (κ2) is 7.28. The number of amides is 1. The van der Waals surface area contributed by atoms with Crippen LogP contribution in [0.25, 0.3) is 5.69 Å². The van der Waals surface area contributed by atoms with Crippen LogP contribution in [0.3, 0.4) is 0 Å². The highest BCUT2D eigenvalue weighted by Gasteiger charge is 2.27. The lowest BCUT2D eigenvalue weighted by Gasteiger charge is -2.09. The van der Waals surface area contributed by atoms with Crippen molar-refractivity contribution in [3.05, 3.63) is 57.3 Å². The van der Waals surface area contributed by atoms with Gasteiger partial charge in [-0.1, -0.05) is 24.6 Å². The Morgan fingerprint density at radius 2 is 2.26 bits per heavy atom. The van der Waals surface area contributed by atoms with Crippen molar-refractivity contribution in [2.24, 2.45) is 0 Å². The van der Waals surface area contributed by atoms with Gasteiger partial charge in [-0.2, -0.15) is 10.2 Å². The monoisotopic (exact) mass is 402 g/mol. The summed E-state index contributed by atoms with van der Waals surface area (Å²) >= 11 is 11.4. The molecule has 0 aliphatic heterocycles. The molecule has 0 atom stereocenters. The van der Waals surface area contributed by atoms with E-state index >= 15 is 0 Å². The van der Waals surface area contributed by atoms with Gasteiger partial charge in [0.15, 0.2) is 10.6 Å². The first-order valence-electron chi connectivity index (χ1n) is 8.85. The zero-order chi connectivity index (χ0) is 19.0. The van der Waals surface area contributed by atoms with Crippen LogP contribution in [0.4, 0.5) is 0 Å². The van der Waals surface area contributed by atoms with E-state index in [9.17, 15) is 4.79 Å². The van der Waals surface area contributed by atoms with Gasteiger partial charge in [0.25, 0.3) is 5.91 Å². The van der Waals surface area contributed by atoms with E-state index in [0.717, 1.165) is 30.0 Å². The summed E-state index contributed by atoms with van der Waals surface area (Å²) in [5.41, 5.74) is 2.20. The molecule has 3 aromatic rings. The average Bonchev–Trinajstić information content (AvgIpc) is 3.28. The number of aromatic amines is 1. The van der Waals surface area contributed by atoms with E-state index in [4.69, 9.17) is 23.8 Å². The van der Waals surface area contributed by atoms with Gasteiger partial charge in [-0.3, -0.25) is 14.5 Å². The van der Waals surface area contributed by atoms with Crippen molar-refractivity contribution in [1.29, 1.82) is 0 Å². The number of carbonyl (C=O) groups excluding carboxylic acids is 1. The van der Waals surface area contributed by atoms with E-state index in [1.165, 1.54) is 0 Å². The molecule has 0 bridgehead atoms. The summed E-state index contributed by atoms with van der Waals surface area (Å²) in [4.78, 5) is 12.7. The molecule has 0 spiro atoms. The molecule has 27 heavy (non-hydrogen) atoms. The van der Waals surface area contributed by atoms with Crippen LogP contribution in [0.2, 0.25) is 5.02 Å². The second-order valence-electron chi connectivity index (χ2n) is 6.48. The molecule has 1 aliphatic carbocycles. The first kappa shape index (κ1) is 17.9. The van der Waals surface area contributed by atoms with Gasteiger partial charge in [0.05, 0.1) is 29.7 Å². The number of aromatic nitrogens is 5. The summed E-state index contributed by atoms with van der Waals surface area (Å²) < 4.78 is 4.34. The Labute approximate surface area is 166 Å². The molecular formula is C18H19ClN6OS. The molecule has 9 heteroatoms. The molecule has 2 aromatic heterocycles. The van der Waals surface area contributed by atoms with Gasteiger partial charge in [-0.25, -0.2) is 4.68 Å². The third-order valence-electron chi connectivity index (χ3n) is 4.60. The summed E-state index contributed by atoms with van der Waals surface area (Å²) in [6.07, 6.45) is 4.45. The minimum atomic E-state index is -0.184. The Hall–Kier alpha value is -2.45. The van der Waals surface area contributed by atoms with Crippen LogP contribution in [0, 0.1) is 4.77 Å². The summed E-state index contributed by atoms with van der Waals surface area (Å²) in [5, 5.41) is 15.0. The fraction of sp³-hybridized carbons (Fsp3) is 0.333. The van der Waals surface area contributed by atoms with E-state index in [0.29, 0.717) is 34.4 Å². The van der Waals surface area contributed by atoms with Gasteiger partial charge in [0, 0.05) is 11.1 Å². The van der Waals surface area contributed by atoms with Gasteiger partial charge in [-0.05, 0) is 49.7 Å². The zero-order valence-electron chi connectivity index (χ0n) is 14.8. The molecule has 140 valence electrons. The molecule has 1 fully saturated rings. The Morgan fingerprint density at radius 3 is 2.96 bits per heavy atom. The molecule has 7 nitrogen and oxygen atoms in total. The van der Waals surface area contributed by atoms with Crippen molar-refractivity contribution in [3.8, 4) is 5.69 Å².